The van der Waals surface area contributed by atoms with Crippen molar-refractivity contribution >= 4 is 19.9 Å². The van der Waals surface area contributed by atoms with Crippen molar-refractivity contribution in [2.24, 2.45) is 0 Å². The molecular weight excluding hydrogens is 288 g/mol. The maximum absolute atomic E-state index is 12.2. The van der Waals surface area contributed by atoms with E-state index < -0.39 is 19.9 Å². The summed E-state index contributed by atoms with van der Waals surface area (Å²) in [6.45, 7) is 3.74. The number of nitrogens with zero attached hydrogens (tertiary/aromatic N) is 1. The second kappa shape index (κ2) is 7.01. The van der Waals surface area contributed by atoms with E-state index in [0.29, 0.717) is 13.1 Å². The van der Waals surface area contributed by atoms with Crippen molar-refractivity contribution in [2.45, 2.75) is 32.2 Å². The number of hydrogen-bond acceptors (Lipinski definition) is 5. The quantitative estimate of drug-likeness (QED) is 0.672. The zero-order valence-corrected chi connectivity index (χ0v) is 13.3. The lowest BCUT2D eigenvalue weighted by molar-refractivity contribution is 0.370. The topological polar surface area (TPSA) is 83.6 Å². The van der Waals surface area contributed by atoms with Gasteiger partial charge in [0, 0.05) is 25.4 Å². The van der Waals surface area contributed by atoms with Crippen LogP contribution in [0.1, 0.15) is 26.2 Å². The molecule has 0 aromatic rings. The van der Waals surface area contributed by atoms with Crippen molar-refractivity contribution in [3.63, 3.8) is 0 Å². The van der Waals surface area contributed by atoms with Crippen LogP contribution in [0.25, 0.3) is 0 Å². The molecule has 19 heavy (non-hydrogen) atoms. The van der Waals surface area contributed by atoms with Crippen molar-refractivity contribution in [2.75, 3.05) is 37.4 Å². The Morgan fingerprint density at radius 2 is 1.89 bits per heavy atom. The Labute approximate surface area is 116 Å². The van der Waals surface area contributed by atoms with Crippen molar-refractivity contribution in [3.8, 4) is 0 Å². The lowest BCUT2D eigenvalue weighted by Crippen LogP contribution is -2.43. The summed E-state index contributed by atoms with van der Waals surface area (Å²) < 4.78 is 48.0. The van der Waals surface area contributed by atoms with E-state index in [1.807, 2.05) is 6.92 Å². The van der Waals surface area contributed by atoms with E-state index in [1.54, 1.807) is 0 Å². The fourth-order valence-corrected chi connectivity index (χ4v) is 5.32. The molecule has 1 aliphatic heterocycles. The predicted molar refractivity (Wildman–Crippen MR) is 76.4 cm³/mol. The highest BCUT2D eigenvalue weighted by Gasteiger charge is 2.26. The van der Waals surface area contributed by atoms with Crippen LogP contribution in [0, 0.1) is 0 Å². The number of hydrogen-bond donors (Lipinski definition) is 1. The van der Waals surface area contributed by atoms with Gasteiger partial charge in [-0.05, 0) is 25.8 Å². The van der Waals surface area contributed by atoms with Crippen molar-refractivity contribution in [1.82, 2.24) is 9.62 Å². The van der Waals surface area contributed by atoms with Crippen LogP contribution in [0.4, 0.5) is 0 Å². The van der Waals surface area contributed by atoms with Crippen molar-refractivity contribution in [3.05, 3.63) is 0 Å². The van der Waals surface area contributed by atoms with Crippen molar-refractivity contribution < 1.29 is 16.8 Å². The monoisotopic (exact) mass is 312 g/mol. The number of rotatable bonds is 8. The Morgan fingerprint density at radius 1 is 1.21 bits per heavy atom. The summed E-state index contributed by atoms with van der Waals surface area (Å²) in [6, 6.07) is 0.194. The second-order valence-electron chi connectivity index (χ2n) is 5.10. The molecule has 6 nitrogen and oxygen atoms in total. The van der Waals surface area contributed by atoms with Gasteiger partial charge in [-0.1, -0.05) is 6.92 Å². The molecule has 1 atom stereocenters. The van der Waals surface area contributed by atoms with Gasteiger partial charge >= 0.3 is 0 Å². The van der Waals surface area contributed by atoms with E-state index in [2.05, 4.69) is 5.32 Å². The summed E-state index contributed by atoms with van der Waals surface area (Å²) in [4.78, 5) is 0. The SMILES string of the molecule is CCCN(CC1CCCN1)S(=O)(=O)CCS(C)(=O)=O. The third kappa shape index (κ3) is 6.20. The fraction of sp³-hybridized carbons (Fsp3) is 1.00. The van der Waals surface area contributed by atoms with Crippen LogP contribution in [0.3, 0.4) is 0 Å². The standard InChI is InChI=1S/C11H24N2O4S2/c1-3-7-13(10-11-5-4-6-12-11)19(16,17)9-8-18(2,14)15/h11-12H,3-10H2,1-2H3. The molecule has 1 rings (SSSR count). The Balaban J connectivity index is 2.66. The summed E-state index contributed by atoms with van der Waals surface area (Å²) >= 11 is 0. The second-order valence-corrected chi connectivity index (χ2v) is 9.45. The van der Waals surface area contributed by atoms with Gasteiger partial charge in [0.15, 0.2) is 0 Å². The molecular formula is C11H24N2O4S2. The van der Waals surface area contributed by atoms with Crippen LogP contribution in [0.5, 0.6) is 0 Å². The molecule has 0 aromatic heterocycles. The first-order valence-electron chi connectivity index (χ1n) is 6.63. The van der Waals surface area contributed by atoms with Gasteiger partial charge < -0.3 is 5.32 Å². The summed E-state index contributed by atoms with van der Waals surface area (Å²) in [6.07, 6.45) is 3.83. The highest BCUT2D eigenvalue weighted by molar-refractivity contribution is 7.93. The maximum Gasteiger partial charge on any atom is 0.215 e. The summed E-state index contributed by atoms with van der Waals surface area (Å²) in [5, 5.41) is 3.27. The first-order valence-corrected chi connectivity index (χ1v) is 10.3. The van der Waals surface area contributed by atoms with E-state index in [9.17, 15) is 16.8 Å². The summed E-state index contributed by atoms with van der Waals surface area (Å²) in [5.74, 6) is -0.633. The lowest BCUT2D eigenvalue weighted by Gasteiger charge is -2.24. The minimum Gasteiger partial charge on any atom is -0.313 e. The molecule has 0 saturated carbocycles. The van der Waals surface area contributed by atoms with Gasteiger partial charge in [-0.15, -0.1) is 0 Å². The molecule has 0 aromatic carbocycles. The van der Waals surface area contributed by atoms with Crippen LogP contribution in [0.2, 0.25) is 0 Å². The molecule has 1 aliphatic rings. The molecule has 0 bridgehead atoms. The smallest absolute Gasteiger partial charge is 0.215 e. The molecule has 0 radical (unpaired) electrons. The highest BCUT2D eigenvalue weighted by atomic mass is 32.2. The first kappa shape index (κ1) is 16.9. The zero-order valence-electron chi connectivity index (χ0n) is 11.6. The Hall–Kier alpha value is -0.180. The largest absolute Gasteiger partial charge is 0.313 e. The molecule has 114 valence electrons. The molecule has 0 spiro atoms. The van der Waals surface area contributed by atoms with Crippen LogP contribution in [-0.4, -0.2) is 64.6 Å². The minimum atomic E-state index is -3.49. The predicted octanol–water partition coefficient (Wildman–Crippen LogP) is -0.175. The molecule has 1 heterocycles. The normalized spacial score (nSPS) is 21.1. The van der Waals surface area contributed by atoms with E-state index in [0.717, 1.165) is 32.1 Å². The zero-order chi connectivity index (χ0) is 14.5. The summed E-state index contributed by atoms with van der Waals surface area (Å²) in [7, 11) is -6.75. The molecule has 1 unspecified atom stereocenters. The van der Waals surface area contributed by atoms with Gasteiger partial charge in [-0.25, -0.2) is 21.1 Å². The Morgan fingerprint density at radius 3 is 2.37 bits per heavy atom. The van der Waals surface area contributed by atoms with Crippen LogP contribution >= 0.6 is 0 Å². The van der Waals surface area contributed by atoms with E-state index >= 15 is 0 Å². The van der Waals surface area contributed by atoms with Crippen molar-refractivity contribution in [1.29, 1.82) is 0 Å². The van der Waals surface area contributed by atoms with E-state index in [-0.39, 0.29) is 17.5 Å². The van der Waals surface area contributed by atoms with Gasteiger partial charge in [0.1, 0.15) is 9.84 Å². The minimum absolute atomic E-state index is 0.194. The fourth-order valence-electron chi connectivity index (χ4n) is 2.14. The maximum atomic E-state index is 12.2. The summed E-state index contributed by atoms with van der Waals surface area (Å²) in [5.41, 5.74) is 0. The molecule has 1 saturated heterocycles. The van der Waals surface area contributed by atoms with Crippen LogP contribution < -0.4 is 5.32 Å². The van der Waals surface area contributed by atoms with Gasteiger partial charge in [-0.2, -0.15) is 0 Å². The third-order valence-corrected chi connectivity index (χ3v) is 6.21. The molecule has 8 heteroatoms. The van der Waals surface area contributed by atoms with E-state index in [1.165, 1.54) is 4.31 Å². The van der Waals surface area contributed by atoms with Crippen LogP contribution in [0.15, 0.2) is 0 Å². The van der Waals surface area contributed by atoms with Gasteiger partial charge in [0.2, 0.25) is 10.0 Å². The highest BCUT2D eigenvalue weighted by Crippen LogP contribution is 2.11. The lowest BCUT2D eigenvalue weighted by atomic mass is 10.2. The van der Waals surface area contributed by atoms with Crippen LogP contribution in [-0.2, 0) is 19.9 Å². The number of sulfonamides is 1. The number of sulfone groups is 1. The van der Waals surface area contributed by atoms with Gasteiger partial charge in [-0.3, -0.25) is 0 Å². The van der Waals surface area contributed by atoms with Gasteiger partial charge in [0.25, 0.3) is 0 Å². The molecule has 1 N–H and O–H groups in total. The van der Waals surface area contributed by atoms with E-state index in [4.69, 9.17) is 0 Å². The molecule has 0 aliphatic carbocycles. The number of nitrogens with one attached hydrogen (secondary N) is 1. The average Bonchev–Trinajstić information content (AvgIpc) is 2.78. The van der Waals surface area contributed by atoms with Gasteiger partial charge in [0.05, 0.1) is 11.5 Å². The molecule has 1 fully saturated rings. The first-order chi connectivity index (χ1) is 8.74. The Kier molecular flexibility index (Phi) is 6.22. The molecule has 0 amide bonds. The third-order valence-electron chi connectivity index (χ3n) is 3.16. The Bertz CT molecular complexity index is 467. The average molecular weight is 312 g/mol.